The predicted octanol–water partition coefficient (Wildman–Crippen LogP) is -0.910. The number of aliphatic carboxylic acids is 1. The molecule has 0 spiro atoms. The Labute approximate surface area is 184 Å². The number of rotatable bonds is 12. The van der Waals surface area contributed by atoms with Gasteiger partial charge in [0.2, 0.25) is 0 Å². The van der Waals surface area contributed by atoms with Crippen molar-refractivity contribution in [2.75, 3.05) is 26.2 Å². The number of benzene rings is 1. The Hall–Kier alpha value is -1.54. The van der Waals surface area contributed by atoms with Crippen LogP contribution in [0.4, 0.5) is 0 Å². The molecule has 1 aliphatic heterocycles. The number of carbonyl (C=O) groups is 1. The largest absolute Gasteiger partial charge is 0.480 e. The maximum absolute atomic E-state index is 13.5. The monoisotopic (exact) mass is 456 g/mol. The Kier molecular flexibility index (Phi) is 9.01. The number of hydrogen-bond acceptors (Lipinski definition) is 7. The summed E-state index contributed by atoms with van der Waals surface area (Å²) in [6.45, 7) is 1.61. The van der Waals surface area contributed by atoms with Crippen LogP contribution >= 0.6 is 0 Å². The van der Waals surface area contributed by atoms with Gasteiger partial charge in [-0.3, -0.25) is 4.79 Å². The van der Waals surface area contributed by atoms with Crippen molar-refractivity contribution in [2.45, 2.75) is 44.1 Å². The highest BCUT2D eigenvalue weighted by Gasteiger charge is 2.53. The molecule has 0 saturated carbocycles. The van der Waals surface area contributed by atoms with E-state index in [1.165, 1.54) is 4.31 Å². The molecule has 0 bridgehead atoms. The van der Waals surface area contributed by atoms with E-state index < -0.39 is 40.8 Å². The van der Waals surface area contributed by atoms with Gasteiger partial charge < -0.3 is 26.6 Å². The molecule has 1 aromatic rings. The summed E-state index contributed by atoms with van der Waals surface area (Å²) in [4.78, 5) is 11.9. The summed E-state index contributed by atoms with van der Waals surface area (Å²) < 4.78 is 29.4. The fraction of sp³-hybridized carbons (Fsp3) is 0.632. The Morgan fingerprint density at radius 1 is 1.35 bits per heavy atom. The third-order valence-electron chi connectivity index (χ3n) is 5.93. The quantitative estimate of drug-likeness (QED) is 0.252. The molecule has 0 aliphatic carbocycles. The van der Waals surface area contributed by atoms with E-state index >= 15 is 0 Å². The zero-order chi connectivity index (χ0) is 23.2. The maximum atomic E-state index is 13.5. The normalized spacial score (nSPS) is 23.2. The van der Waals surface area contributed by atoms with Crippen LogP contribution in [0.25, 0.3) is 0 Å². The van der Waals surface area contributed by atoms with Crippen molar-refractivity contribution in [3.63, 3.8) is 0 Å². The second kappa shape index (κ2) is 10.9. The third kappa shape index (κ3) is 6.04. The van der Waals surface area contributed by atoms with Crippen molar-refractivity contribution < 1.29 is 28.4 Å². The minimum atomic E-state index is -4.02. The standard InChI is InChI=1S/C19H33BN4O6S/c1-2-24(17(12-21)11-15-7-4-3-5-8-15)31(29,30)23-13-16(9-6-10-20(27)28)19(22,14-23)18(25)26/h3-5,7-8,16-17,27-28H,2,6,9-14,21-22H2,1H3,(H,25,26)/t16-,17-,19-/m0/s1. The van der Waals surface area contributed by atoms with Crippen LogP contribution in [0.5, 0.6) is 0 Å². The van der Waals surface area contributed by atoms with Gasteiger partial charge in [0.15, 0.2) is 0 Å². The van der Waals surface area contributed by atoms with E-state index in [9.17, 15) is 18.3 Å². The van der Waals surface area contributed by atoms with Gasteiger partial charge in [-0.1, -0.05) is 43.7 Å². The van der Waals surface area contributed by atoms with E-state index in [4.69, 9.17) is 21.5 Å². The molecule has 1 aromatic carbocycles. The van der Waals surface area contributed by atoms with E-state index in [1.54, 1.807) is 6.92 Å². The van der Waals surface area contributed by atoms with Crippen LogP contribution in [0.1, 0.15) is 25.3 Å². The van der Waals surface area contributed by atoms with Crippen LogP contribution < -0.4 is 11.5 Å². The number of nitrogens with zero attached hydrogens (tertiary/aromatic N) is 2. The topological polar surface area (TPSA) is 170 Å². The average molecular weight is 456 g/mol. The Balaban J connectivity index is 2.23. The molecule has 1 aliphatic rings. The highest BCUT2D eigenvalue weighted by atomic mass is 32.2. The Morgan fingerprint density at radius 3 is 2.52 bits per heavy atom. The van der Waals surface area contributed by atoms with E-state index in [2.05, 4.69) is 0 Å². The molecule has 3 atom stereocenters. The first kappa shape index (κ1) is 25.7. The van der Waals surface area contributed by atoms with Crippen LogP contribution in [0.3, 0.4) is 0 Å². The summed E-state index contributed by atoms with van der Waals surface area (Å²) in [5.74, 6) is -1.93. The number of nitrogens with two attached hydrogens (primary N) is 2. The Bertz CT molecular complexity index is 828. The van der Waals surface area contributed by atoms with Crippen molar-refractivity contribution >= 4 is 23.3 Å². The van der Waals surface area contributed by atoms with Crippen LogP contribution in [-0.2, 0) is 21.4 Å². The van der Waals surface area contributed by atoms with Gasteiger partial charge in [-0.15, -0.1) is 0 Å². The lowest BCUT2D eigenvalue weighted by Crippen LogP contribution is -2.56. The van der Waals surface area contributed by atoms with Crippen LogP contribution in [0.15, 0.2) is 30.3 Å². The van der Waals surface area contributed by atoms with E-state index in [0.29, 0.717) is 12.8 Å². The molecule has 1 fully saturated rings. The second-order valence-corrected chi connectivity index (χ2v) is 9.92. The summed E-state index contributed by atoms with van der Waals surface area (Å²) in [7, 11) is -5.52. The van der Waals surface area contributed by atoms with Gasteiger partial charge in [0.05, 0.1) is 0 Å². The molecule has 1 heterocycles. The molecule has 0 aromatic heterocycles. The fourth-order valence-electron chi connectivity index (χ4n) is 4.15. The third-order valence-corrected chi connectivity index (χ3v) is 8.01. The SMILES string of the molecule is CCN([C@H](CN)Cc1ccccc1)S(=O)(=O)N1C[C@H](CCCB(O)O)[C@](N)(C(=O)O)C1. The molecule has 174 valence electrons. The molecule has 10 nitrogen and oxygen atoms in total. The van der Waals surface area contributed by atoms with Crippen molar-refractivity contribution in [1.82, 2.24) is 8.61 Å². The number of hydrogen-bond donors (Lipinski definition) is 5. The first-order valence-electron chi connectivity index (χ1n) is 10.5. The van der Waals surface area contributed by atoms with Gasteiger partial charge in [-0.2, -0.15) is 17.0 Å². The predicted molar refractivity (Wildman–Crippen MR) is 118 cm³/mol. The fourth-order valence-corrected chi connectivity index (χ4v) is 6.06. The molecule has 0 amide bonds. The molecule has 31 heavy (non-hydrogen) atoms. The molecule has 0 radical (unpaired) electrons. The van der Waals surface area contributed by atoms with Gasteiger partial charge in [0.25, 0.3) is 10.2 Å². The van der Waals surface area contributed by atoms with Gasteiger partial charge in [-0.25, -0.2) is 0 Å². The number of carboxylic acid groups (broad SMARTS) is 1. The molecular formula is C19H33BN4O6S. The lowest BCUT2D eigenvalue weighted by Gasteiger charge is -2.33. The minimum Gasteiger partial charge on any atom is -0.480 e. The number of likely N-dealkylation sites (N-methyl/N-ethyl adjacent to an activating group) is 1. The molecule has 1 saturated heterocycles. The first-order chi connectivity index (χ1) is 14.6. The summed E-state index contributed by atoms with van der Waals surface area (Å²) in [6, 6.07) is 8.94. The van der Waals surface area contributed by atoms with Crippen molar-refractivity contribution in [3.8, 4) is 0 Å². The van der Waals surface area contributed by atoms with E-state index in [1.807, 2.05) is 30.3 Å². The number of carboxylic acids is 1. The molecule has 7 N–H and O–H groups in total. The summed E-state index contributed by atoms with van der Waals surface area (Å²) in [6.07, 6.45) is 1.08. The zero-order valence-corrected chi connectivity index (χ0v) is 18.6. The molecular weight excluding hydrogens is 423 g/mol. The van der Waals surface area contributed by atoms with Crippen molar-refractivity contribution in [3.05, 3.63) is 35.9 Å². The van der Waals surface area contributed by atoms with E-state index in [-0.39, 0.29) is 38.9 Å². The van der Waals surface area contributed by atoms with Gasteiger partial charge in [-0.05, 0) is 24.7 Å². The molecule has 2 rings (SSSR count). The first-order valence-corrected chi connectivity index (χ1v) is 11.8. The van der Waals surface area contributed by atoms with Crippen LogP contribution in [0.2, 0.25) is 6.32 Å². The highest BCUT2D eigenvalue weighted by Crippen LogP contribution is 2.33. The second-order valence-electron chi connectivity index (χ2n) is 8.04. The van der Waals surface area contributed by atoms with Crippen molar-refractivity contribution in [1.29, 1.82) is 0 Å². The minimum absolute atomic E-state index is 0.0498. The van der Waals surface area contributed by atoms with Gasteiger partial charge >= 0.3 is 13.1 Å². The zero-order valence-electron chi connectivity index (χ0n) is 17.8. The van der Waals surface area contributed by atoms with Gasteiger partial charge in [0, 0.05) is 38.1 Å². The average Bonchev–Trinajstić information content (AvgIpc) is 3.07. The molecule has 0 unspecified atom stereocenters. The van der Waals surface area contributed by atoms with Gasteiger partial charge in [0.1, 0.15) is 5.54 Å². The van der Waals surface area contributed by atoms with E-state index in [0.717, 1.165) is 9.87 Å². The van der Waals surface area contributed by atoms with Crippen LogP contribution in [0, 0.1) is 5.92 Å². The lowest BCUT2D eigenvalue weighted by molar-refractivity contribution is -0.144. The highest BCUT2D eigenvalue weighted by molar-refractivity contribution is 7.86. The van der Waals surface area contributed by atoms with Crippen molar-refractivity contribution in [2.24, 2.45) is 17.4 Å². The summed E-state index contributed by atoms with van der Waals surface area (Å²) >= 11 is 0. The molecule has 12 heteroatoms. The summed E-state index contributed by atoms with van der Waals surface area (Å²) in [5, 5.41) is 27.8. The smallest absolute Gasteiger partial charge is 0.451 e. The van der Waals surface area contributed by atoms with Crippen LogP contribution in [-0.4, -0.2) is 83.0 Å². The maximum Gasteiger partial charge on any atom is 0.451 e. The lowest BCUT2D eigenvalue weighted by atomic mass is 9.78. The summed E-state index contributed by atoms with van der Waals surface area (Å²) in [5.41, 5.74) is 11.3. The Morgan fingerprint density at radius 2 is 2.00 bits per heavy atom.